The van der Waals surface area contributed by atoms with Crippen molar-refractivity contribution >= 4 is 0 Å². The van der Waals surface area contributed by atoms with Crippen molar-refractivity contribution in [2.24, 2.45) is 0 Å². The minimum absolute atomic E-state index is 0.664. The highest BCUT2D eigenvalue weighted by atomic mass is 15.2. The van der Waals surface area contributed by atoms with E-state index in [1.807, 2.05) is 79.7 Å². The van der Waals surface area contributed by atoms with Gasteiger partial charge in [0.15, 0.2) is 0 Å². The summed E-state index contributed by atoms with van der Waals surface area (Å²) in [5.41, 5.74) is 3.29. The zero-order valence-electron chi connectivity index (χ0n) is 19.9. The molecule has 0 N–H and O–H groups in total. The Morgan fingerprint density at radius 2 is 0.886 bits per heavy atom. The van der Waals surface area contributed by atoms with E-state index < -0.39 is 5.54 Å². The first kappa shape index (κ1) is 23.7. The minimum atomic E-state index is -0.966. The Morgan fingerprint density at radius 1 is 0.514 bits per heavy atom. The highest BCUT2D eigenvalue weighted by molar-refractivity contribution is 5.52. The van der Waals surface area contributed by atoms with Crippen LogP contribution in [0.4, 0.5) is 0 Å². The maximum absolute atomic E-state index is 3.49. The molecule has 0 amide bonds. The SMILES string of the molecule is CC#CC(C#Cc1ccccc1)(C#Cc1ccccc1)N(Cc1ccccc1)Cc1ccccc1. The molecule has 0 saturated carbocycles. The van der Waals surface area contributed by atoms with Crippen molar-refractivity contribution in [1.29, 1.82) is 0 Å². The number of hydrogen-bond donors (Lipinski definition) is 0. The van der Waals surface area contributed by atoms with Crippen LogP contribution >= 0.6 is 0 Å². The van der Waals surface area contributed by atoms with Gasteiger partial charge in [0.1, 0.15) is 0 Å². The summed E-state index contributed by atoms with van der Waals surface area (Å²) in [4.78, 5) is 2.28. The summed E-state index contributed by atoms with van der Waals surface area (Å²) < 4.78 is 0. The molecule has 0 saturated heterocycles. The van der Waals surface area contributed by atoms with Crippen LogP contribution < -0.4 is 0 Å². The number of hydrogen-bond acceptors (Lipinski definition) is 1. The molecule has 1 nitrogen and oxygen atoms in total. The largest absolute Gasteiger partial charge is 0.258 e. The van der Waals surface area contributed by atoms with Gasteiger partial charge in [-0.25, -0.2) is 0 Å². The molecule has 0 bridgehead atoms. The number of benzene rings is 4. The molecule has 0 aromatic heterocycles. The lowest BCUT2D eigenvalue weighted by atomic mass is 9.95. The third-order valence-electron chi connectivity index (χ3n) is 5.54. The lowest BCUT2D eigenvalue weighted by Gasteiger charge is -2.33. The topological polar surface area (TPSA) is 3.24 Å². The van der Waals surface area contributed by atoms with Crippen LogP contribution in [-0.4, -0.2) is 10.4 Å². The van der Waals surface area contributed by atoms with E-state index in [9.17, 15) is 0 Å². The molecule has 0 aliphatic heterocycles. The second kappa shape index (κ2) is 12.1. The standard InChI is InChI=1S/C34H27N/c1-2-25-34(26-23-30-15-7-3-8-16-30,27-24-31-17-9-4-10-18-31)35(28-32-19-11-5-12-20-32)29-33-21-13-6-14-22-33/h3-22H,28-29H2,1H3. The zero-order valence-corrected chi connectivity index (χ0v) is 19.9. The molecule has 0 heterocycles. The Hall–Kier alpha value is -4.48. The highest BCUT2D eigenvalue weighted by Gasteiger charge is 2.32. The molecular formula is C34H27N. The van der Waals surface area contributed by atoms with Crippen molar-refractivity contribution in [2.75, 3.05) is 0 Å². The zero-order chi connectivity index (χ0) is 24.2. The van der Waals surface area contributed by atoms with Gasteiger partial charge in [0.25, 0.3) is 0 Å². The molecule has 1 heteroatoms. The van der Waals surface area contributed by atoms with E-state index in [-0.39, 0.29) is 0 Å². The van der Waals surface area contributed by atoms with Gasteiger partial charge in [-0.3, -0.25) is 4.90 Å². The van der Waals surface area contributed by atoms with Crippen molar-refractivity contribution in [1.82, 2.24) is 4.90 Å². The second-order valence-corrected chi connectivity index (χ2v) is 8.14. The lowest BCUT2D eigenvalue weighted by molar-refractivity contribution is 0.209. The quantitative estimate of drug-likeness (QED) is 0.312. The van der Waals surface area contributed by atoms with Crippen molar-refractivity contribution in [3.8, 4) is 35.5 Å². The van der Waals surface area contributed by atoms with Crippen LogP contribution in [0, 0.1) is 35.5 Å². The van der Waals surface area contributed by atoms with E-state index in [4.69, 9.17) is 0 Å². The Bertz CT molecular complexity index is 1290. The molecule has 4 rings (SSSR count). The van der Waals surface area contributed by atoms with Gasteiger partial charge in [0, 0.05) is 24.2 Å². The molecule has 0 aliphatic carbocycles. The molecule has 168 valence electrons. The fourth-order valence-corrected chi connectivity index (χ4v) is 3.78. The molecule has 0 unspecified atom stereocenters. The molecule has 0 radical (unpaired) electrons. The van der Waals surface area contributed by atoms with E-state index >= 15 is 0 Å². The van der Waals surface area contributed by atoms with Gasteiger partial charge >= 0.3 is 0 Å². The third kappa shape index (κ3) is 6.76. The summed E-state index contributed by atoms with van der Waals surface area (Å²) in [7, 11) is 0. The molecule has 0 fully saturated rings. The monoisotopic (exact) mass is 449 g/mol. The first-order valence-electron chi connectivity index (χ1n) is 11.7. The third-order valence-corrected chi connectivity index (χ3v) is 5.54. The summed E-state index contributed by atoms with van der Waals surface area (Å²) in [6.07, 6.45) is 0. The van der Waals surface area contributed by atoms with Crippen molar-refractivity contribution in [3.63, 3.8) is 0 Å². The van der Waals surface area contributed by atoms with Crippen molar-refractivity contribution < 1.29 is 0 Å². The minimum Gasteiger partial charge on any atom is -0.258 e. The average Bonchev–Trinajstić information content (AvgIpc) is 2.92. The van der Waals surface area contributed by atoms with Gasteiger partial charge in [0.05, 0.1) is 0 Å². The smallest absolute Gasteiger partial charge is 0.208 e. The first-order valence-corrected chi connectivity index (χ1v) is 11.7. The van der Waals surface area contributed by atoms with E-state index in [0.29, 0.717) is 13.1 Å². The molecule has 0 aliphatic rings. The molecule has 0 spiro atoms. The van der Waals surface area contributed by atoms with Crippen LogP contribution in [-0.2, 0) is 13.1 Å². The van der Waals surface area contributed by atoms with Crippen LogP contribution in [0.25, 0.3) is 0 Å². The van der Waals surface area contributed by atoms with E-state index in [1.165, 1.54) is 11.1 Å². The van der Waals surface area contributed by atoms with E-state index in [1.54, 1.807) is 0 Å². The summed E-state index contributed by atoms with van der Waals surface area (Å²) in [6.45, 7) is 3.18. The fourth-order valence-electron chi connectivity index (χ4n) is 3.78. The van der Waals surface area contributed by atoms with Gasteiger partial charge in [-0.15, -0.1) is 5.92 Å². The van der Waals surface area contributed by atoms with Gasteiger partial charge < -0.3 is 0 Å². The van der Waals surface area contributed by atoms with E-state index in [2.05, 4.69) is 89.0 Å². The first-order chi connectivity index (χ1) is 17.3. The lowest BCUT2D eigenvalue weighted by Crippen LogP contribution is -2.45. The Kier molecular flexibility index (Phi) is 8.19. The van der Waals surface area contributed by atoms with Gasteiger partial charge in [-0.1, -0.05) is 115 Å². The van der Waals surface area contributed by atoms with Crippen molar-refractivity contribution in [2.45, 2.75) is 25.6 Å². The van der Waals surface area contributed by atoms with Gasteiger partial charge in [-0.05, 0) is 54.2 Å². The highest BCUT2D eigenvalue weighted by Crippen LogP contribution is 2.22. The maximum atomic E-state index is 3.49. The predicted octanol–water partition coefficient (Wildman–Crippen LogP) is 6.55. The van der Waals surface area contributed by atoms with Crippen LogP contribution in [0.1, 0.15) is 29.2 Å². The Morgan fingerprint density at radius 3 is 1.26 bits per heavy atom. The summed E-state index contributed by atoms with van der Waals surface area (Å²) in [5.74, 6) is 20.2. The maximum Gasteiger partial charge on any atom is 0.208 e. The molecule has 4 aromatic carbocycles. The Balaban J connectivity index is 1.87. The summed E-state index contributed by atoms with van der Waals surface area (Å²) in [5, 5.41) is 0. The molecular weight excluding hydrogens is 422 g/mol. The molecule has 4 aromatic rings. The van der Waals surface area contributed by atoms with Crippen LogP contribution in [0.15, 0.2) is 121 Å². The van der Waals surface area contributed by atoms with Gasteiger partial charge in [0.2, 0.25) is 5.54 Å². The van der Waals surface area contributed by atoms with Gasteiger partial charge in [-0.2, -0.15) is 0 Å². The predicted molar refractivity (Wildman–Crippen MR) is 145 cm³/mol. The van der Waals surface area contributed by atoms with E-state index in [0.717, 1.165) is 11.1 Å². The van der Waals surface area contributed by atoms with Crippen molar-refractivity contribution in [3.05, 3.63) is 144 Å². The summed E-state index contributed by atoms with van der Waals surface area (Å²) in [6, 6.07) is 40.9. The average molecular weight is 450 g/mol. The molecule has 35 heavy (non-hydrogen) atoms. The number of rotatable bonds is 5. The normalized spacial score (nSPS) is 10.2. The molecule has 0 atom stereocenters. The summed E-state index contributed by atoms with van der Waals surface area (Å²) >= 11 is 0. The fraction of sp³-hybridized carbons (Fsp3) is 0.118. The van der Waals surface area contributed by atoms with Crippen LogP contribution in [0.3, 0.4) is 0 Å². The second-order valence-electron chi connectivity index (χ2n) is 8.14. The van der Waals surface area contributed by atoms with Crippen LogP contribution in [0.5, 0.6) is 0 Å². The van der Waals surface area contributed by atoms with Crippen LogP contribution in [0.2, 0.25) is 0 Å². The Labute approximate surface area is 209 Å². The number of nitrogens with zero attached hydrogens (tertiary/aromatic N) is 1.